The summed E-state index contributed by atoms with van der Waals surface area (Å²) in [5, 5.41) is 10.3. The fourth-order valence-corrected chi connectivity index (χ4v) is 2.34. The number of alkyl halides is 3. The molecule has 19 heavy (non-hydrogen) atoms. The maximum Gasteiger partial charge on any atom is 0.255 e. The Balaban J connectivity index is 2.17. The van der Waals surface area contributed by atoms with Gasteiger partial charge in [-0.05, 0) is 64.6 Å². The maximum absolute atomic E-state index is 5.68. The Hall–Kier alpha value is -0.720. The van der Waals surface area contributed by atoms with Gasteiger partial charge in [-0.2, -0.15) is 0 Å². The zero-order chi connectivity index (χ0) is 13.5. The summed E-state index contributed by atoms with van der Waals surface area (Å²) >= 11 is 10.1. The van der Waals surface area contributed by atoms with Gasteiger partial charge in [0.25, 0.3) is 5.89 Å². The summed E-state index contributed by atoms with van der Waals surface area (Å²) in [5.41, 5.74) is 0.925. The Morgan fingerprint density at radius 1 is 0.895 bits per heavy atom. The third-order valence-electron chi connectivity index (χ3n) is 2.69. The lowest BCUT2D eigenvalue weighted by Crippen LogP contribution is -1.97. The lowest BCUT2D eigenvalue weighted by Gasteiger charge is -2.05. The van der Waals surface area contributed by atoms with E-state index < -0.39 is 2.14 Å². The molecule has 0 unspecified atom stereocenters. The van der Waals surface area contributed by atoms with Crippen molar-refractivity contribution in [2.45, 2.75) is 2.14 Å². The van der Waals surface area contributed by atoms with E-state index in [0.29, 0.717) is 11.8 Å². The molecule has 2 aromatic carbocycles. The molecule has 0 amide bonds. The quantitative estimate of drug-likeness (QED) is 0.483. The van der Waals surface area contributed by atoms with Crippen molar-refractivity contribution in [3.05, 3.63) is 48.4 Å². The lowest BCUT2D eigenvalue weighted by molar-refractivity contribution is 0.524. The van der Waals surface area contributed by atoms with E-state index in [0.717, 1.165) is 16.3 Å². The van der Waals surface area contributed by atoms with Crippen LogP contribution in [0.1, 0.15) is 5.89 Å². The van der Waals surface area contributed by atoms with E-state index >= 15 is 0 Å². The summed E-state index contributed by atoms with van der Waals surface area (Å²) in [5.74, 6) is 0.907. The number of nitrogens with zero attached hydrogens (tertiary/aromatic N) is 2. The SMILES string of the molecule is BrC(Br)(Br)c1nnc(-c2cccc3ccccc23)o1. The van der Waals surface area contributed by atoms with Crippen molar-refractivity contribution in [1.82, 2.24) is 10.2 Å². The van der Waals surface area contributed by atoms with Gasteiger partial charge < -0.3 is 4.42 Å². The molecule has 3 aromatic rings. The van der Waals surface area contributed by atoms with E-state index in [-0.39, 0.29) is 0 Å². The molecule has 96 valence electrons. The zero-order valence-corrected chi connectivity index (χ0v) is 14.2. The highest BCUT2D eigenvalue weighted by Crippen LogP contribution is 2.44. The van der Waals surface area contributed by atoms with Gasteiger partial charge >= 0.3 is 0 Å². The van der Waals surface area contributed by atoms with Crippen LogP contribution < -0.4 is 0 Å². The first-order valence-electron chi connectivity index (χ1n) is 5.44. The van der Waals surface area contributed by atoms with Gasteiger partial charge in [0.05, 0.1) is 0 Å². The average Bonchev–Trinajstić information content (AvgIpc) is 2.87. The molecule has 1 aromatic heterocycles. The largest absolute Gasteiger partial charge is 0.417 e. The Morgan fingerprint density at radius 3 is 2.37 bits per heavy atom. The van der Waals surface area contributed by atoms with Crippen LogP contribution in [0.2, 0.25) is 0 Å². The van der Waals surface area contributed by atoms with Crippen molar-refractivity contribution in [3.8, 4) is 11.5 Å². The van der Waals surface area contributed by atoms with E-state index in [1.807, 2.05) is 30.3 Å². The molecule has 0 spiro atoms. The third kappa shape index (κ3) is 2.61. The Kier molecular flexibility index (Phi) is 3.49. The number of hydrogen-bond donors (Lipinski definition) is 0. The second kappa shape index (κ2) is 5.00. The average molecular weight is 447 g/mol. The molecule has 0 aliphatic rings. The fourth-order valence-electron chi connectivity index (χ4n) is 1.86. The molecule has 0 bridgehead atoms. The number of benzene rings is 2. The lowest BCUT2D eigenvalue weighted by atomic mass is 10.0. The predicted octanol–water partition coefficient (Wildman–Crippen LogP) is 5.18. The minimum absolute atomic E-state index is 0.412. The summed E-state index contributed by atoms with van der Waals surface area (Å²) < 4.78 is 4.99. The van der Waals surface area contributed by atoms with Crippen LogP contribution in [0, 0.1) is 0 Å². The summed E-state index contributed by atoms with van der Waals surface area (Å²) in [7, 11) is 0. The van der Waals surface area contributed by atoms with Gasteiger partial charge in [0.15, 0.2) is 0 Å². The van der Waals surface area contributed by atoms with E-state index in [2.05, 4.69) is 70.1 Å². The molecule has 3 nitrogen and oxygen atoms in total. The second-order valence-corrected chi connectivity index (χ2v) is 10.7. The van der Waals surface area contributed by atoms with Crippen LogP contribution in [-0.4, -0.2) is 10.2 Å². The molecule has 1 heterocycles. The first-order valence-corrected chi connectivity index (χ1v) is 7.82. The Bertz CT molecular complexity index is 729. The Morgan fingerprint density at radius 2 is 1.63 bits per heavy atom. The van der Waals surface area contributed by atoms with Crippen molar-refractivity contribution in [2.24, 2.45) is 0 Å². The van der Waals surface area contributed by atoms with Crippen molar-refractivity contribution in [3.63, 3.8) is 0 Å². The highest BCUT2D eigenvalue weighted by Gasteiger charge is 2.28. The minimum atomic E-state index is -0.692. The predicted molar refractivity (Wildman–Crippen MR) is 85.7 cm³/mol. The van der Waals surface area contributed by atoms with Gasteiger partial charge in [-0.1, -0.05) is 36.4 Å². The monoisotopic (exact) mass is 444 g/mol. The number of hydrogen-bond acceptors (Lipinski definition) is 3. The van der Waals surface area contributed by atoms with Crippen molar-refractivity contribution in [1.29, 1.82) is 0 Å². The number of halogens is 3. The maximum atomic E-state index is 5.68. The van der Waals surface area contributed by atoms with E-state index in [9.17, 15) is 0 Å². The molecular weight excluding hydrogens is 440 g/mol. The molecule has 3 rings (SSSR count). The standard InChI is InChI=1S/C13H7Br3N2O/c14-13(15,16)12-18-17-11(19-12)10-7-3-5-8-4-1-2-6-9(8)10/h1-7H. The smallest absolute Gasteiger partial charge is 0.255 e. The molecule has 0 saturated carbocycles. The van der Waals surface area contributed by atoms with Crippen LogP contribution in [0.4, 0.5) is 0 Å². The first-order chi connectivity index (χ1) is 9.05. The minimum Gasteiger partial charge on any atom is -0.417 e. The molecule has 0 saturated heterocycles. The molecule has 6 heteroatoms. The van der Waals surface area contributed by atoms with Crippen LogP contribution in [0.25, 0.3) is 22.2 Å². The van der Waals surface area contributed by atoms with Crippen LogP contribution in [0.15, 0.2) is 46.9 Å². The number of fused-ring (bicyclic) bond motifs is 1. The highest BCUT2D eigenvalue weighted by atomic mass is 80.0. The number of aromatic nitrogens is 2. The van der Waals surface area contributed by atoms with Crippen molar-refractivity contribution < 1.29 is 4.42 Å². The number of rotatable bonds is 1. The molecule has 0 fully saturated rings. The molecule has 0 N–H and O–H groups in total. The van der Waals surface area contributed by atoms with Gasteiger partial charge in [-0.25, -0.2) is 0 Å². The van der Waals surface area contributed by atoms with Crippen LogP contribution in [0.5, 0.6) is 0 Å². The highest BCUT2D eigenvalue weighted by molar-refractivity contribution is 9.38. The van der Waals surface area contributed by atoms with Crippen LogP contribution >= 0.6 is 47.8 Å². The van der Waals surface area contributed by atoms with Gasteiger partial charge in [0.2, 0.25) is 8.03 Å². The summed E-state index contributed by atoms with van der Waals surface area (Å²) in [4.78, 5) is 0. The first kappa shape index (κ1) is 13.3. The second-order valence-electron chi connectivity index (χ2n) is 3.94. The molecule has 0 radical (unpaired) electrons. The third-order valence-corrected chi connectivity index (χ3v) is 3.71. The van der Waals surface area contributed by atoms with Crippen LogP contribution in [-0.2, 0) is 2.14 Å². The summed E-state index contributed by atoms with van der Waals surface area (Å²) in [6.07, 6.45) is 0. The molecular formula is C13H7Br3N2O. The van der Waals surface area contributed by atoms with E-state index in [1.54, 1.807) is 0 Å². The van der Waals surface area contributed by atoms with E-state index in [4.69, 9.17) is 4.42 Å². The van der Waals surface area contributed by atoms with Gasteiger partial charge in [0, 0.05) is 5.56 Å². The zero-order valence-electron chi connectivity index (χ0n) is 9.48. The normalized spacial score (nSPS) is 11.9. The fraction of sp³-hybridized carbons (Fsp3) is 0.0769. The molecule has 0 aliphatic heterocycles. The summed E-state index contributed by atoms with van der Waals surface area (Å²) in [6, 6.07) is 14.1. The molecule has 0 atom stereocenters. The molecule has 0 aliphatic carbocycles. The Labute approximate surface area is 134 Å². The van der Waals surface area contributed by atoms with Crippen molar-refractivity contribution >= 4 is 58.6 Å². The van der Waals surface area contributed by atoms with Gasteiger partial charge in [0.1, 0.15) is 0 Å². The van der Waals surface area contributed by atoms with Gasteiger partial charge in [-0.15, -0.1) is 10.2 Å². The van der Waals surface area contributed by atoms with Gasteiger partial charge in [-0.3, -0.25) is 0 Å². The van der Waals surface area contributed by atoms with E-state index in [1.165, 1.54) is 0 Å². The van der Waals surface area contributed by atoms with Crippen molar-refractivity contribution in [2.75, 3.05) is 0 Å². The topological polar surface area (TPSA) is 38.9 Å². The summed E-state index contributed by atoms with van der Waals surface area (Å²) in [6.45, 7) is 0. The van der Waals surface area contributed by atoms with Crippen LogP contribution in [0.3, 0.4) is 0 Å².